The zero-order valence-electron chi connectivity index (χ0n) is 48.0. The monoisotopic (exact) mass is 1280 g/mol. The number of nitrogens with one attached hydrogen (secondary N) is 3. The number of carboxylic acid groups (broad SMARTS) is 3. The summed E-state index contributed by atoms with van der Waals surface area (Å²) in [4.78, 5) is 152. The van der Waals surface area contributed by atoms with Crippen LogP contribution in [0, 0.1) is 0 Å². The highest BCUT2D eigenvalue weighted by Gasteiger charge is 2.34. The Labute approximate surface area is 531 Å². The van der Waals surface area contributed by atoms with Gasteiger partial charge in [0.25, 0.3) is 23.6 Å². The Bertz CT molecular complexity index is 3650. The molecule has 8 rings (SSSR count). The van der Waals surface area contributed by atoms with Crippen LogP contribution in [0.4, 0.5) is 43.7 Å². The van der Waals surface area contributed by atoms with Crippen LogP contribution in [0.2, 0.25) is 0 Å². The number of aromatic carboxylic acids is 3. The molecular formula is C56H59B3N13O21. The van der Waals surface area contributed by atoms with E-state index in [0.29, 0.717) is 28.9 Å². The second-order valence-corrected chi connectivity index (χ2v) is 16.9. The molecule has 2 heterocycles. The summed E-state index contributed by atoms with van der Waals surface area (Å²) in [6.07, 6.45) is -2.05. The molecule has 37 heteroatoms. The van der Waals surface area contributed by atoms with E-state index in [4.69, 9.17) is 14.7 Å². The lowest BCUT2D eigenvalue weighted by molar-refractivity contribution is -0.171. The number of nitrogens with zero attached hydrogens (tertiary/aromatic N) is 8. The fourth-order valence-corrected chi connectivity index (χ4v) is 6.91. The molecule has 6 aromatic rings. The zero-order chi connectivity index (χ0) is 64.7. The number of carbonyl (C=O) groups excluding carboxylic acids is 10. The Morgan fingerprint density at radius 1 is 0.462 bits per heavy atom. The number of azo groups is 3. The molecule has 483 valence electrons. The average molecular weight is 1280 g/mol. The van der Waals surface area contributed by atoms with E-state index in [9.17, 15) is 73.2 Å². The summed E-state index contributed by atoms with van der Waals surface area (Å²) in [7, 11) is 1.49. The van der Waals surface area contributed by atoms with Gasteiger partial charge in [-0.05, 0) is 84.9 Å². The van der Waals surface area contributed by atoms with E-state index in [2.05, 4.69) is 50.8 Å². The lowest BCUT2D eigenvalue weighted by Crippen LogP contribution is -2.44. The van der Waals surface area contributed by atoms with E-state index in [-0.39, 0.29) is 134 Å². The van der Waals surface area contributed by atoms with Crippen molar-refractivity contribution in [3.8, 4) is 11.5 Å². The number of hydroxylamine groups is 4. The second-order valence-electron chi connectivity index (χ2n) is 16.9. The van der Waals surface area contributed by atoms with Crippen molar-refractivity contribution in [2.45, 2.75) is 46.0 Å². The van der Waals surface area contributed by atoms with Crippen LogP contribution in [0.5, 0.6) is 11.5 Å². The van der Waals surface area contributed by atoms with Crippen LogP contribution >= 0.6 is 0 Å². The van der Waals surface area contributed by atoms with Crippen molar-refractivity contribution in [2.75, 3.05) is 0 Å². The van der Waals surface area contributed by atoms with Crippen LogP contribution in [0.1, 0.15) is 75.3 Å². The Hall–Kier alpha value is -12.5. The first-order chi connectivity index (χ1) is 42.3. The van der Waals surface area contributed by atoms with Gasteiger partial charge in [-0.15, -0.1) is 25.5 Å². The number of rotatable bonds is 19. The lowest BCUT2D eigenvalue weighted by atomic mass is 9.95. The molecule has 2 aliphatic heterocycles. The number of imide groups is 2. The molecule has 0 spiro atoms. The number of phenolic OH excluding ortho intramolecular Hbond substituents is 2. The van der Waals surface area contributed by atoms with E-state index in [1.807, 2.05) is 37.0 Å². The Kier molecular flexibility index (Phi) is 37.6. The molecule has 5 radical (unpaired) electrons. The maximum absolute atomic E-state index is 12.1. The van der Waals surface area contributed by atoms with Gasteiger partial charge in [-0.1, -0.05) is 62.0 Å². The van der Waals surface area contributed by atoms with Crippen LogP contribution in [-0.2, 0) is 60.9 Å². The van der Waals surface area contributed by atoms with E-state index >= 15 is 0 Å². The van der Waals surface area contributed by atoms with Crippen molar-refractivity contribution in [3.63, 3.8) is 0 Å². The molecule has 34 nitrogen and oxygen atoms in total. The summed E-state index contributed by atoms with van der Waals surface area (Å²) in [6.45, 7) is 4.00. The van der Waals surface area contributed by atoms with E-state index < -0.39 is 65.3 Å². The number of phenols is 2. The molecule has 0 bridgehead atoms. The number of carboxylic acids is 3. The minimum Gasteiger partial charge on any atom is -0.508 e. The first kappa shape index (κ1) is 82.6. The number of aromatic hydroxyl groups is 2. The molecule has 2 fully saturated rings. The van der Waals surface area contributed by atoms with Crippen LogP contribution in [0.3, 0.4) is 0 Å². The standard InChI is InChI=1S/C20H17BN5O8.C20H16BN4O8.C13H10N2O2.2CH2O.CH4.B.2H3N.H2O/c27-15-6-5-12(24-25-14-4-2-1-3-13(14)19(31)32)9-11(15)10-16(28)22-21-23-20(33)34-26-17(29)7-8-18(26)30;26-15-6-5-12(23-24-14-4-2-1-3-13(14)19(30)31)9-11(15)10-16(27)22-21-20(32)33-25-17(28)7-8-18(25)29;16-13(17)11-8-4-5-9-12(11)15-14-10-6-2-1-3-7-10;2*1-2;;;;;/h1-6,9,27H,7-8,10H2,(H,22,28)(H,23,33)(H,31,32);1-6,9,26H,7-8,10H2,(H,22,27)(H,30,31);1-9H,(H,16,17);2*1H2;1H4;;2*1H3;1H2. The third-order valence-corrected chi connectivity index (χ3v) is 10.9. The SMILES string of the molecule is C.C=O.C=O.N.N.O.O=C(Cc1cc(N=Nc2ccccc2C(=O)O)ccc1O)N[B]C(=O)ON1C(=O)CCC1=O.O=C(Cc1cc(N=Nc2ccccc2C(=O)O)ccc1O)N[B]NC(=O)ON1C(=O)CCC1=O.O=C(O)c1ccccc1N=Nc1ccccc1.[B]. The summed E-state index contributed by atoms with van der Waals surface area (Å²) in [5.74, 6) is -8.82. The molecule has 0 unspecified atom stereocenters. The molecule has 0 aliphatic carbocycles. The van der Waals surface area contributed by atoms with Crippen molar-refractivity contribution in [3.05, 3.63) is 167 Å². The van der Waals surface area contributed by atoms with Gasteiger partial charge in [0.1, 0.15) is 42.1 Å². The molecule has 0 aromatic heterocycles. The first-order valence-electron chi connectivity index (χ1n) is 24.9. The molecule has 0 saturated carbocycles. The van der Waals surface area contributed by atoms with Crippen LogP contribution in [0.15, 0.2) is 170 Å². The highest BCUT2D eigenvalue weighted by atomic mass is 16.7. The predicted octanol–water partition coefficient (Wildman–Crippen LogP) is 6.66. The topological polar surface area (TPSA) is 560 Å². The predicted molar refractivity (Wildman–Crippen MR) is 329 cm³/mol. The van der Waals surface area contributed by atoms with Crippen molar-refractivity contribution >= 4 is 136 Å². The van der Waals surface area contributed by atoms with Crippen LogP contribution in [-0.4, -0.2) is 143 Å². The first-order valence-corrected chi connectivity index (χ1v) is 24.9. The largest absolute Gasteiger partial charge is 0.508 e. The molecule has 0 atom stereocenters. The van der Waals surface area contributed by atoms with Gasteiger partial charge in [0.05, 0.1) is 46.6 Å². The van der Waals surface area contributed by atoms with Crippen LogP contribution in [0.25, 0.3) is 0 Å². The average Bonchev–Trinajstić information content (AvgIpc) is 1.58. The quantitative estimate of drug-likeness (QED) is 0.0230. The summed E-state index contributed by atoms with van der Waals surface area (Å²) in [5.41, 5.74) is 2.20. The highest BCUT2D eigenvalue weighted by molar-refractivity contribution is 6.71. The van der Waals surface area contributed by atoms with Gasteiger partial charge < -0.3 is 78.3 Å². The molecule has 16 N–H and O–H groups in total. The lowest BCUT2D eigenvalue weighted by Gasteiger charge is -2.13. The van der Waals surface area contributed by atoms with Gasteiger partial charge in [-0.3, -0.25) is 33.6 Å². The molecule has 2 aliphatic rings. The number of amides is 7. The van der Waals surface area contributed by atoms with E-state index in [0.717, 1.165) is 7.55 Å². The van der Waals surface area contributed by atoms with E-state index in [1.54, 1.807) is 54.6 Å². The maximum Gasteiger partial charge on any atom is 0.421 e. The molecule has 7 amide bonds. The summed E-state index contributed by atoms with van der Waals surface area (Å²) >= 11 is 0. The second kappa shape index (κ2) is 42.4. The zero-order valence-corrected chi connectivity index (χ0v) is 48.0. The minimum atomic E-state index is -1.17. The van der Waals surface area contributed by atoms with Gasteiger partial charge in [-0.2, -0.15) is 15.3 Å². The Balaban J connectivity index is 0. The van der Waals surface area contributed by atoms with Crippen molar-refractivity contribution in [2.24, 2.45) is 30.7 Å². The third-order valence-electron chi connectivity index (χ3n) is 10.9. The number of carbonyl (C=O) groups is 13. The van der Waals surface area contributed by atoms with Crippen molar-refractivity contribution < 1.29 is 103 Å². The van der Waals surface area contributed by atoms with E-state index in [1.165, 1.54) is 66.7 Å². The Morgan fingerprint density at radius 3 is 1.17 bits per heavy atom. The Morgan fingerprint density at radius 2 is 0.796 bits per heavy atom. The maximum atomic E-state index is 12.1. The van der Waals surface area contributed by atoms with Gasteiger partial charge in [0.15, 0.2) is 0 Å². The molecule has 2 saturated heterocycles. The van der Waals surface area contributed by atoms with Gasteiger partial charge >= 0.3 is 44.8 Å². The van der Waals surface area contributed by atoms with Crippen molar-refractivity contribution in [1.29, 1.82) is 0 Å². The summed E-state index contributed by atoms with van der Waals surface area (Å²) in [5, 5.41) is 78.1. The summed E-state index contributed by atoms with van der Waals surface area (Å²) in [6, 6.07) is 35.8. The number of benzene rings is 6. The summed E-state index contributed by atoms with van der Waals surface area (Å²) < 4.78 is 0. The fraction of sp³-hybridized carbons (Fsp3) is 0.125. The molecular weight excluding hydrogens is 1220 g/mol. The van der Waals surface area contributed by atoms with Gasteiger partial charge in [-0.25, -0.2) is 19.2 Å². The van der Waals surface area contributed by atoms with Crippen molar-refractivity contribution in [1.82, 2.24) is 38.1 Å². The molecule has 93 heavy (non-hydrogen) atoms. The third kappa shape index (κ3) is 26.4. The normalized spacial score (nSPS) is 11.5. The molecule has 6 aromatic carbocycles. The number of hydrogen-bond donors (Lipinski definition) is 10. The fourth-order valence-electron chi connectivity index (χ4n) is 6.91. The smallest absolute Gasteiger partial charge is 0.421 e. The van der Waals surface area contributed by atoms with Gasteiger partial charge in [0, 0.05) is 45.2 Å². The minimum absolute atomic E-state index is 0. The number of hydrogen-bond acceptors (Lipinski definition) is 25. The van der Waals surface area contributed by atoms with Crippen LogP contribution < -0.4 is 28.0 Å². The van der Waals surface area contributed by atoms with Gasteiger partial charge in [0.2, 0.25) is 11.8 Å². The highest BCUT2D eigenvalue weighted by Crippen LogP contribution is 2.29.